The quantitative estimate of drug-likeness (QED) is 0.499. The smallest absolute Gasteiger partial charge is 0.201 e. The lowest BCUT2D eigenvalue weighted by Crippen LogP contribution is -2.18. The second kappa shape index (κ2) is 6.31. The van der Waals surface area contributed by atoms with Crippen molar-refractivity contribution >= 4 is 53.6 Å². The molecule has 0 bridgehead atoms. The maximum atomic E-state index is 12.1. The molecule has 4 heteroatoms. The van der Waals surface area contributed by atoms with Gasteiger partial charge in [-0.1, -0.05) is 85.4 Å². The summed E-state index contributed by atoms with van der Waals surface area (Å²) in [5, 5.41) is 0. The minimum atomic E-state index is -0.852. The number of alkyl halides is 3. The molecule has 0 aliphatic heterocycles. The van der Waals surface area contributed by atoms with Crippen molar-refractivity contribution in [2.45, 2.75) is 28.3 Å². The number of rotatable bonds is 4. The van der Waals surface area contributed by atoms with Crippen molar-refractivity contribution < 1.29 is 4.79 Å². The summed E-state index contributed by atoms with van der Waals surface area (Å²) in [7, 11) is 0. The van der Waals surface area contributed by atoms with E-state index in [2.05, 4.69) is 54.7 Å². The van der Waals surface area contributed by atoms with Gasteiger partial charge in [0.05, 0.1) is 0 Å². The highest BCUT2D eigenvalue weighted by molar-refractivity contribution is 9.40. The summed E-state index contributed by atoms with van der Waals surface area (Å²) < 4.78 is -0.852. The molecule has 0 aromatic heterocycles. The molecule has 0 aliphatic rings. The van der Waals surface area contributed by atoms with Gasteiger partial charge in [0.1, 0.15) is 0 Å². The number of ketones is 1. The van der Waals surface area contributed by atoms with Crippen LogP contribution in [0, 0.1) is 0 Å². The highest BCUT2D eigenvalue weighted by Gasteiger charge is 2.30. The van der Waals surface area contributed by atoms with Gasteiger partial charge in [-0.3, -0.25) is 4.79 Å². The summed E-state index contributed by atoms with van der Waals surface area (Å²) >= 11 is 9.80. The van der Waals surface area contributed by atoms with Crippen LogP contribution in [-0.2, 0) is 6.42 Å². The second-order valence-corrected chi connectivity index (χ2v) is 10.3. The van der Waals surface area contributed by atoms with Crippen molar-refractivity contribution in [3.8, 4) is 0 Å². The minimum Gasteiger partial charge on any atom is -0.291 e. The highest BCUT2D eigenvalue weighted by Crippen LogP contribution is 2.37. The third kappa shape index (κ3) is 3.97. The van der Waals surface area contributed by atoms with Crippen molar-refractivity contribution in [3.05, 3.63) is 35.4 Å². The van der Waals surface area contributed by atoms with Crippen LogP contribution in [0.3, 0.4) is 0 Å². The number of aryl methyl sites for hydroxylation is 1. The van der Waals surface area contributed by atoms with Gasteiger partial charge in [0.2, 0.25) is 5.78 Å². The second-order valence-electron chi connectivity index (χ2n) is 3.59. The van der Waals surface area contributed by atoms with E-state index in [4.69, 9.17) is 0 Å². The van der Waals surface area contributed by atoms with Crippen molar-refractivity contribution in [2.24, 2.45) is 0 Å². The van der Waals surface area contributed by atoms with Crippen LogP contribution in [0.25, 0.3) is 0 Å². The van der Waals surface area contributed by atoms with E-state index < -0.39 is 2.14 Å². The molecule has 0 spiro atoms. The molecule has 0 atom stereocenters. The third-order valence-electron chi connectivity index (χ3n) is 2.32. The SMILES string of the molecule is CCCCc1ccccc1C(=O)C(Br)(Br)Br. The molecule has 0 saturated heterocycles. The van der Waals surface area contributed by atoms with Crippen LogP contribution in [0.2, 0.25) is 0 Å². The van der Waals surface area contributed by atoms with Gasteiger partial charge in [-0.25, -0.2) is 0 Å². The Labute approximate surface area is 121 Å². The topological polar surface area (TPSA) is 17.1 Å². The van der Waals surface area contributed by atoms with Gasteiger partial charge in [-0.15, -0.1) is 0 Å². The fourth-order valence-corrected chi connectivity index (χ4v) is 2.12. The summed E-state index contributed by atoms with van der Waals surface area (Å²) in [5.74, 6) is -0.000738. The number of hydrogen-bond donors (Lipinski definition) is 0. The van der Waals surface area contributed by atoms with Crippen LogP contribution in [0.15, 0.2) is 24.3 Å². The van der Waals surface area contributed by atoms with E-state index in [1.54, 1.807) is 0 Å². The molecule has 0 unspecified atom stereocenters. The lowest BCUT2D eigenvalue weighted by molar-refractivity contribution is 0.101. The molecule has 88 valence electrons. The Kier molecular flexibility index (Phi) is 5.68. The lowest BCUT2D eigenvalue weighted by Gasteiger charge is -2.14. The Morgan fingerprint density at radius 1 is 1.25 bits per heavy atom. The number of benzene rings is 1. The largest absolute Gasteiger partial charge is 0.291 e. The van der Waals surface area contributed by atoms with Gasteiger partial charge in [-0.2, -0.15) is 0 Å². The number of halogens is 3. The van der Waals surface area contributed by atoms with Crippen LogP contribution < -0.4 is 0 Å². The zero-order chi connectivity index (χ0) is 12.2. The van der Waals surface area contributed by atoms with E-state index in [0.29, 0.717) is 0 Å². The number of carbonyl (C=O) groups is 1. The van der Waals surface area contributed by atoms with Gasteiger partial charge in [-0.05, 0) is 18.4 Å². The zero-order valence-electron chi connectivity index (χ0n) is 8.97. The van der Waals surface area contributed by atoms with Crippen molar-refractivity contribution in [2.75, 3.05) is 0 Å². The van der Waals surface area contributed by atoms with Gasteiger partial charge in [0.15, 0.2) is 2.14 Å². The molecule has 0 N–H and O–H groups in total. The van der Waals surface area contributed by atoms with E-state index in [0.717, 1.165) is 30.4 Å². The molecule has 1 aromatic rings. The summed E-state index contributed by atoms with van der Waals surface area (Å²) in [4.78, 5) is 12.1. The molecular formula is C12H13Br3O. The first kappa shape index (κ1) is 14.4. The maximum absolute atomic E-state index is 12.1. The standard InChI is InChI=1S/C12H13Br3O/c1-2-3-6-9-7-4-5-8-10(9)11(16)12(13,14)15/h4-5,7-8H,2-3,6H2,1H3. The molecule has 16 heavy (non-hydrogen) atoms. The normalized spacial score (nSPS) is 11.5. The molecule has 0 fully saturated rings. The molecule has 0 saturated carbocycles. The fourth-order valence-electron chi connectivity index (χ4n) is 1.48. The van der Waals surface area contributed by atoms with Crippen molar-refractivity contribution in [1.29, 1.82) is 0 Å². The Bertz CT molecular complexity index is 369. The molecule has 0 radical (unpaired) electrons. The van der Waals surface area contributed by atoms with Crippen LogP contribution in [0.4, 0.5) is 0 Å². The average Bonchev–Trinajstić information content (AvgIpc) is 2.24. The van der Waals surface area contributed by atoms with Gasteiger partial charge in [0.25, 0.3) is 0 Å². The average molecular weight is 413 g/mol. The molecule has 1 nitrogen and oxygen atoms in total. The predicted molar refractivity (Wildman–Crippen MR) is 78.9 cm³/mol. The monoisotopic (exact) mass is 410 g/mol. The summed E-state index contributed by atoms with van der Waals surface area (Å²) in [6.45, 7) is 2.15. The Hall–Kier alpha value is 0.330. The molecular weight excluding hydrogens is 400 g/mol. The highest BCUT2D eigenvalue weighted by atomic mass is 80.0. The Morgan fingerprint density at radius 2 is 1.88 bits per heavy atom. The molecule has 1 aromatic carbocycles. The van der Waals surface area contributed by atoms with E-state index in [9.17, 15) is 4.79 Å². The molecule has 1 rings (SSSR count). The van der Waals surface area contributed by atoms with Crippen molar-refractivity contribution in [1.82, 2.24) is 0 Å². The maximum Gasteiger partial charge on any atom is 0.201 e. The number of Topliss-reactive ketones (excluding diaryl/α,β-unsaturated/α-hetero) is 1. The lowest BCUT2D eigenvalue weighted by atomic mass is 10.00. The number of hydrogen-bond acceptors (Lipinski definition) is 1. The Morgan fingerprint density at radius 3 is 2.44 bits per heavy atom. The molecule has 0 heterocycles. The van der Waals surface area contributed by atoms with Gasteiger partial charge >= 0.3 is 0 Å². The van der Waals surface area contributed by atoms with E-state index in [1.807, 2.05) is 24.3 Å². The van der Waals surface area contributed by atoms with Crippen LogP contribution in [0.1, 0.15) is 35.7 Å². The number of carbonyl (C=O) groups excluding carboxylic acids is 1. The molecule has 0 aliphatic carbocycles. The minimum absolute atomic E-state index is 0.000738. The molecule has 0 amide bonds. The Balaban J connectivity index is 2.99. The van der Waals surface area contributed by atoms with E-state index in [1.165, 1.54) is 0 Å². The third-order valence-corrected chi connectivity index (χ3v) is 3.40. The fraction of sp³-hybridized carbons (Fsp3) is 0.417. The van der Waals surface area contributed by atoms with Crippen molar-refractivity contribution in [3.63, 3.8) is 0 Å². The summed E-state index contributed by atoms with van der Waals surface area (Å²) in [6.07, 6.45) is 3.18. The van der Waals surface area contributed by atoms with Crippen LogP contribution >= 0.6 is 47.8 Å². The summed E-state index contributed by atoms with van der Waals surface area (Å²) in [6, 6.07) is 7.75. The van der Waals surface area contributed by atoms with E-state index in [-0.39, 0.29) is 5.78 Å². The van der Waals surface area contributed by atoms with Gasteiger partial charge < -0.3 is 0 Å². The summed E-state index contributed by atoms with van der Waals surface area (Å²) in [5.41, 5.74) is 1.87. The van der Waals surface area contributed by atoms with E-state index >= 15 is 0 Å². The zero-order valence-corrected chi connectivity index (χ0v) is 13.7. The number of unbranched alkanes of at least 4 members (excludes halogenated alkanes) is 1. The van der Waals surface area contributed by atoms with Crippen LogP contribution in [-0.4, -0.2) is 7.93 Å². The first-order valence-electron chi connectivity index (χ1n) is 5.16. The first-order valence-corrected chi connectivity index (χ1v) is 7.54. The predicted octanol–water partition coefficient (Wildman–Crippen LogP) is 5.05. The van der Waals surface area contributed by atoms with Gasteiger partial charge in [0, 0.05) is 5.56 Å². The van der Waals surface area contributed by atoms with Crippen LogP contribution in [0.5, 0.6) is 0 Å². The first-order chi connectivity index (χ1) is 7.46.